The summed E-state index contributed by atoms with van der Waals surface area (Å²) in [5.41, 5.74) is 1.35. The third-order valence-corrected chi connectivity index (χ3v) is 7.03. The fraction of sp³-hybridized carbons (Fsp3) is 0.346. The molecule has 2 fully saturated rings. The van der Waals surface area contributed by atoms with Crippen LogP contribution in [0.25, 0.3) is 5.57 Å². The second-order valence-electron chi connectivity index (χ2n) is 9.46. The summed E-state index contributed by atoms with van der Waals surface area (Å²) in [6.07, 6.45) is -4.83. The molecule has 10 heteroatoms. The van der Waals surface area contributed by atoms with Gasteiger partial charge in [-0.2, -0.15) is 0 Å². The molecule has 0 saturated carbocycles. The molecule has 0 radical (unpaired) electrons. The highest BCUT2D eigenvalue weighted by Gasteiger charge is 2.50. The van der Waals surface area contributed by atoms with Crippen molar-refractivity contribution in [2.75, 3.05) is 6.54 Å². The molecule has 0 bridgehead atoms. The minimum atomic E-state index is -1.08. The molecule has 6 rings (SSSR count). The number of rotatable bonds is 2. The van der Waals surface area contributed by atoms with E-state index >= 15 is 0 Å². The number of aliphatic hydroxyl groups is 2. The molecule has 36 heavy (non-hydrogen) atoms. The highest BCUT2D eigenvalue weighted by atomic mass is 16.7. The summed E-state index contributed by atoms with van der Waals surface area (Å²) < 4.78 is 17.1. The number of nitrogens with zero attached hydrogens (tertiary/aromatic N) is 1. The van der Waals surface area contributed by atoms with Gasteiger partial charge in [-0.3, -0.25) is 14.4 Å². The van der Waals surface area contributed by atoms with Crippen LogP contribution in [0, 0.1) is 6.92 Å². The van der Waals surface area contributed by atoms with E-state index < -0.39 is 48.4 Å². The molecular formula is C26H23NO9. The molecule has 1 unspecified atom stereocenters. The Balaban J connectivity index is 1.48. The van der Waals surface area contributed by atoms with Crippen molar-refractivity contribution < 1.29 is 43.9 Å². The Hall–Kier alpha value is -3.73. The molecule has 2 aromatic carbocycles. The number of aliphatic hydroxyl groups excluding tert-OH is 2. The van der Waals surface area contributed by atoms with E-state index in [0.29, 0.717) is 11.1 Å². The first kappa shape index (κ1) is 22.7. The molecule has 4 aliphatic rings. The van der Waals surface area contributed by atoms with Crippen molar-refractivity contribution in [3.8, 4) is 11.5 Å². The molecular weight excluding hydrogens is 470 g/mol. The molecule has 1 aliphatic carbocycles. The van der Waals surface area contributed by atoms with Gasteiger partial charge >= 0.3 is 5.97 Å². The van der Waals surface area contributed by atoms with Crippen LogP contribution in [-0.2, 0) is 14.3 Å². The lowest BCUT2D eigenvalue weighted by Crippen LogP contribution is -2.48. The normalized spacial score (nSPS) is 28.8. The maximum atomic E-state index is 14.0. The third kappa shape index (κ3) is 3.18. The van der Waals surface area contributed by atoms with Gasteiger partial charge in [0.05, 0.1) is 23.3 Å². The fourth-order valence-electron chi connectivity index (χ4n) is 5.41. The van der Waals surface area contributed by atoms with E-state index in [4.69, 9.17) is 14.2 Å². The molecule has 2 aromatic rings. The quantitative estimate of drug-likeness (QED) is 0.528. The van der Waals surface area contributed by atoms with E-state index in [2.05, 4.69) is 0 Å². The average Bonchev–Trinajstić information content (AvgIpc) is 3.21. The van der Waals surface area contributed by atoms with Crippen molar-refractivity contribution in [2.45, 2.75) is 51.1 Å². The second-order valence-corrected chi connectivity index (χ2v) is 9.46. The first-order valence-corrected chi connectivity index (χ1v) is 11.6. The predicted molar refractivity (Wildman–Crippen MR) is 122 cm³/mol. The van der Waals surface area contributed by atoms with Gasteiger partial charge in [0.15, 0.2) is 5.78 Å². The van der Waals surface area contributed by atoms with Crippen LogP contribution in [0.2, 0.25) is 0 Å². The van der Waals surface area contributed by atoms with E-state index in [1.165, 1.54) is 23.1 Å². The minimum Gasteiger partial charge on any atom is -0.507 e. The molecule has 0 spiro atoms. The molecule has 10 nitrogen and oxygen atoms in total. The van der Waals surface area contributed by atoms with E-state index in [1.807, 2.05) is 0 Å². The van der Waals surface area contributed by atoms with Gasteiger partial charge < -0.3 is 34.4 Å². The second kappa shape index (κ2) is 7.89. The van der Waals surface area contributed by atoms with Crippen molar-refractivity contribution in [3.05, 3.63) is 63.8 Å². The summed E-state index contributed by atoms with van der Waals surface area (Å²) in [5, 5.41) is 30.9. The molecule has 0 amide bonds. The summed E-state index contributed by atoms with van der Waals surface area (Å²) >= 11 is 0. The number of carbonyl (C=O) groups excluding carboxylic acids is 3. The maximum Gasteiger partial charge on any atom is 0.327 e. The van der Waals surface area contributed by atoms with Gasteiger partial charge in [-0.1, -0.05) is 12.1 Å². The molecule has 5 atom stereocenters. The summed E-state index contributed by atoms with van der Waals surface area (Å²) in [7, 11) is 0. The first-order valence-electron chi connectivity index (χ1n) is 11.6. The molecule has 0 aromatic heterocycles. The van der Waals surface area contributed by atoms with E-state index in [0.717, 1.165) is 0 Å². The molecule has 3 N–H and O–H groups in total. The number of aromatic hydroxyl groups is 1. The Labute approximate surface area is 205 Å². The lowest BCUT2D eigenvalue weighted by Gasteiger charge is -2.38. The number of allylic oxidation sites excluding steroid dienone is 2. The Kier molecular flexibility index (Phi) is 4.98. The van der Waals surface area contributed by atoms with Crippen LogP contribution in [0.5, 0.6) is 11.5 Å². The minimum absolute atomic E-state index is 0.00721. The van der Waals surface area contributed by atoms with Crippen molar-refractivity contribution in [1.82, 2.24) is 4.90 Å². The zero-order valence-electron chi connectivity index (χ0n) is 19.4. The zero-order chi connectivity index (χ0) is 25.5. The number of ketones is 2. The monoisotopic (exact) mass is 493 g/mol. The number of esters is 1. The number of hydrogen-bond acceptors (Lipinski definition) is 10. The average molecular weight is 493 g/mol. The predicted octanol–water partition coefficient (Wildman–Crippen LogP) is 1.60. The smallest absolute Gasteiger partial charge is 0.327 e. The third-order valence-electron chi connectivity index (χ3n) is 7.03. The lowest BCUT2D eigenvalue weighted by molar-refractivity contribution is -0.216. The van der Waals surface area contributed by atoms with Gasteiger partial charge in [-0.05, 0) is 37.6 Å². The van der Waals surface area contributed by atoms with Gasteiger partial charge in [0.1, 0.15) is 29.8 Å². The number of Topliss-reactive ketones (excluding diaryl/α,β-unsaturated/α-hetero) is 2. The number of ether oxygens (including phenoxy) is 3. The largest absolute Gasteiger partial charge is 0.507 e. The van der Waals surface area contributed by atoms with Crippen molar-refractivity contribution >= 4 is 23.1 Å². The summed E-state index contributed by atoms with van der Waals surface area (Å²) in [4.78, 5) is 41.5. The van der Waals surface area contributed by atoms with E-state index in [9.17, 15) is 29.7 Å². The van der Waals surface area contributed by atoms with Crippen LogP contribution in [0.4, 0.5) is 0 Å². The summed E-state index contributed by atoms with van der Waals surface area (Å²) in [6, 6.07) is 7.79. The molecule has 3 heterocycles. The molecule has 186 valence electrons. The zero-order valence-corrected chi connectivity index (χ0v) is 19.4. The first-order chi connectivity index (χ1) is 17.2. The van der Waals surface area contributed by atoms with Gasteiger partial charge in [0.25, 0.3) is 0 Å². The number of phenolic OH excluding ortho intramolecular Hbond substituents is 1. The van der Waals surface area contributed by atoms with Crippen LogP contribution in [0.1, 0.15) is 57.0 Å². The van der Waals surface area contributed by atoms with Crippen LogP contribution >= 0.6 is 0 Å². The number of carbonyl (C=O) groups is 3. The molecule has 3 aliphatic heterocycles. The van der Waals surface area contributed by atoms with Crippen molar-refractivity contribution in [2.24, 2.45) is 0 Å². The van der Waals surface area contributed by atoms with Gasteiger partial charge in [0.2, 0.25) is 18.3 Å². The van der Waals surface area contributed by atoms with Gasteiger partial charge in [-0.15, -0.1) is 0 Å². The summed E-state index contributed by atoms with van der Waals surface area (Å²) in [5.74, 6) is -1.74. The lowest BCUT2D eigenvalue weighted by atomic mass is 9.78. The van der Waals surface area contributed by atoms with Gasteiger partial charge in [0, 0.05) is 23.1 Å². The number of hydrogen-bond donors (Lipinski definition) is 3. The standard InChI is InChI=1S/C26H23NO9/c1-10-6-13-19(14(28)7-10)21-22(27-9-17(30)36-26(13)27)25(33)20-12(24(21)32)4-3-5-16(20)35-18-8-15(29)23(31)11(2)34-18/h3-7,11,15,18,23,26,28-29,31H,8-9H2,1-2H3/t11-,15+,18-,23-,26?/m0/s1. The maximum absolute atomic E-state index is 14.0. The Morgan fingerprint density at radius 2 is 1.86 bits per heavy atom. The highest BCUT2D eigenvalue weighted by molar-refractivity contribution is 6.41. The number of phenols is 1. The van der Waals surface area contributed by atoms with Crippen molar-refractivity contribution in [1.29, 1.82) is 0 Å². The topological polar surface area (TPSA) is 143 Å². The number of fused-ring (bicyclic) bond motifs is 6. The van der Waals surface area contributed by atoms with Crippen LogP contribution in [0.15, 0.2) is 36.0 Å². The van der Waals surface area contributed by atoms with Crippen LogP contribution in [-0.4, -0.2) is 68.9 Å². The molecule has 2 saturated heterocycles. The number of benzene rings is 2. The van der Waals surface area contributed by atoms with Crippen molar-refractivity contribution in [3.63, 3.8) is 0 Å². The highest BCUT2D eigenvalue weighted by Crippen LogP contribution is 2.50. The Bertz CT molecular complexity index is 1370. The van der Waals surface area contributed by atoms with E-state index in [-0.39, 0.29) is 52.4 Å². The van der Waals surface area contributed by atoms with Gasteiger partial charge in [-0.25, -0.2) is 0 Å². The summed E-state index contributed by atoms with van der Waals surface area (Å²) in [6.45, 7) is 3.12. The van der Waals surface area contributed by atoms with E-state index in [1.54, 1.807) is 26.0 Å². The Morgan fingerprint density at radius 3 is 2.61 bits per heavy atom. The van der Waals surface area contributed by atoms with Crippen LogP contribution in [0.3, 0.4) is 0 Å². The SMILES string of the molecule is Cc1cc(O)c2c(c1)C1OC(=O)CN1C1=C2C(=O)c2cccc(O[C@H]3C[C@@H](O)[C@@H](O)[C@H](C)O3)c2C1=O. The Morgan fingerprint density at radius 1 is 1.08 bits per heavy atom. The van der Waals surface area contributed by atoms with Crippen LogP contribution < -0.4 is 4.74 Å². The fourth-order valence-corrected chi connectivity index (χ4v) is 5.41. The number of aryl methyl sites for hydroxylation is 1.